The van der Waals surface area contributed by atoms with Crippen molar-refractivity contribution in [2.45, 2.75) is 19.4 Å². The van der Waals surface area contributed by atoms with Crippen molar-refractivity contribution in [3.8, 4) is 0 Å². The molecular formula is C14H17N3O2. The summed E-state index contributed by atoms with van der Waals surface area (Å²) in [6.07, 6.45) is 5.02. The van der Waals surface area contributed by atoms with E-state index in [1.54, 1.807) is 18.6 Å². The Morgan fingerprint density at radius 1 is 1.37 bits per heavy atom. The van der Waals surface area contributed by atoms with Gasteiger partial charge in [-0.3, -0.25) is 9.78 Å². The second kappa shape index (κ2) is 4.06. The van der Waals surface area contributed by atoms with Crippen LogP contribution < -0.4 is 10.5 Å². The highest BCUT2D eigenvalue weighted by atomic mass is 16.3. The monoisotopic (exact) mass is 259 g/mol. The summed E-state index contributed by atoms with van der Waals surface area (Å²) in [6.45, 7) is 5.25. The summed E-state index contributed by atoms with van der Waals surface area (Å²) in [5, 5.41) is 11.5. The van der Waals surface area contributed by atoms with Crippen LogP contribution in [0.2, 0.25) is 0 Å². The SMILES string of the molecule is CC(C)(O)C1CN(c2cncc3c(=O)[nH]ccc23)C1. The number of aliphatic hydroxyl groups is 1. The number of rotatable bonds is 2. The number of pyridine rings is 2. The van der Waals surface area contributed by atoms with E-state index in [-0.39, 0.29) is 11.5 Å². The molecule has 0 bridgehead atoms. The fourth-order valence-corrected chi connectivity index (χ4v) is 2.47. The zero-order chi connectivity index (χ0) is 13.6. The molecule has 0 amide bonds. The average molecular weight is 259 g/mol. The maximum absolute atomic E-state index is 11.7. The average Bonchev–Trinajstić information content (AvgIpc) is 2.26. The Bertz CT molecular complexity index is 666. The highest BCUT2D eigenvalue weighted by Crippen LogP contribution is 2.33. The molecule has 0 aromatic carbocycles. The van der Waals surface area contributed by atoms with E-state index in [0.717, 1.165) is 24.2 Å². The normalized spacial score (nSPS) is 16.7. The van der Waals surface area contributed by atoms with Gasteiger partial charge in [-0.1, -0.05) is 0 Å². The Morgan fingerprint density at radius 3 is 2.79 bits per heavy atom. The quantitative estimate of drug-likeness (QED) is 0.848. The molecule has 0 aliphatic carbocycles. The second-order valence-electron chi connectivity index (χ2n) is 5.68. The summed E-state index contributed by atoms with van der Waals surface area (Å²) in [5.74, 6) is 0.254. The second-order valence-corrected chi connectivity index (χ2v) is 5.68. The number of nitrogens with zero attached hydrogens (tertiary/aromatic N) is 2. The molecule has 19 heavy (non-hydrogen) atoms. The Labute approximate surface area is 110 Å². The molecular weight excluding hydrogens is 242 g/mol. The molecule has 0 radical (unpaired) electrons. The molecule has 0 spiro atoms. The lowest BCUT2D eigenvalue weighted by molar-refractivity contribution is 0.00465. The van der Waals surface area contributed by atoms with Crippen LogP contribution in [0.5, 0.6) is 0 Å². The van der Waals surface area contributed by atoms with Crippen LogP contribution in [0, 0.1) is 5.92 Å². The Morgan fingerprint density at radius 2 is 2.11 bits per heavy atom. The molecule has 1 aliphatic heterocycles. The number of nitrogens with one attached hydrogen (secondary N) is 1. The first-order valence-electron chi connectivity index (χ1n) is 6.39. The standard InChI is InChI=1S/C14H17N3O2/c1-14(2,19)9-7-17(8-9)12-6-15-5-11-10(12)3-4-16-13(11)18/h3-6,9,19H,7-8H2,1-2H3,(H,16,18). The Balaban J connectivity index is 1.96. The minimum absolute atomic E-state index is 0.119. The van der Waals surface area contributed by atoms with E-state index in [0.29, 0.717) is 5.39 Å². The summed E-state index contributed by atoms with van der Waals surface area (Å²) in [7, 11) is 0. The summed E-state index contributed by atoms with van der Waals surface area (Å²) >= 11 is 0. The molecule has 1 aliphatic rings. The van der Waals surface area contributed by atoms with Crippen molar-refractivity contribution in [1.82, 2.24) is 9.97 Å². The van der Waals surface area contributed by atoms with Gasteiger partial charge in [-0.25, -0.2) is 0 Å². The van der Waals surface area contributed by atoms with Crippen molar-refractivity contribution < 1.29 is 5.11 Å². The molecule has 1 saturated heterocycles. The van der Waals surface area contributed by atoms with Crippen LogP contribution in [0.4, 0.5) is 5.69 Å². The summed E-state index contributed by atoms with van der Waals surface area (Å²) in [5.41, 5.74) is 0.182. The molecule has 3 heterocycles. The van der Waals surface area contributed by atoms with E-state index in [9.17, 15) is 9.90 Å². The fourth-order valence-electron chi connectivity index (χ4n) is 2.47. The van der Waals surface area contributed by atoms with E-state index < -0.39 is 5.60 Å². The van der Waals surface area contributed by atoms with E-state index >= 15 is 0 Å². The van der Waals surface area contributed by atoms with E-state index in [1.807, 2.05) is 19.9 Å². The van der Waals surface area contributed by atoms with Gasteiger partial charge >= 0.3 is 0 Å². The highest BCUT2D eigenvalue weighted by Gasteiger charge is 2.38. The van der Waals surface area contributed by atoms with Crippen LogP contribution in [0.3, 0.4) is 0 Å². The maximum Gasteiger partial charge on any atom is 0.257 e. The third-order valence-electron chi connectivity index (χ3n) is 3.90. The van der Waals surface area contributed by atoms with Crippen molar-refractivity contribution >= 4 is 16.5 Å². The zero-order valence-electron chi connectivity index (χ0n) is 11.1. The smallest absolute Gasteiger partial charge is 0.257 e. The maximum atomic E-state index is 11.7. The lowest BCUT2D eigenvalue weighted by Crippen LogP contribution is -2.55. The molecule has 0 saturated carbocycles. The summed E-state index contributed by atoms with van der Waals surface area (Å²) < 4.78 is 0. The molecule has 2 aromatic heterocycles. The number of H-pyrrole nitrogens is 1. The van der Waals surface area contributed by atoms with Gasteiger partial charge in [0.05, 0.1) is 22.9 Å². The van der Waals surface area contributed by atoms with Crippen LogP contribution in [0.1, 0.15) is 13.8 Å². The molecule has 5 heteroatoms. The number of aromatic nitrogens is 2. The molecule has 5 nitrogen and oxygen atoms in total. The third-order valence-corrected chi connectivity index (χ3v) is 3.90. The number of hydrogen-bond donors (Lipinski definition) is 2. The van der Waals surface area contributed by atoms with Crippen LogP contribution in [-0.2, 0) is 0 Å². The highest BCUT2D eigenvalue weighted by molar-refractivity contribution is 5.92. The molecule has 2 aromatic rings. The zero-order valence-corrected chi connectivity index (χ0v) is 11.1. The Kier molecular flexibility index (Phi) is 2.60. The third kappa shape index (κ3) is 2.00. The molecule has 2 N–H and O–H groups in total. The first kappa shape index (κ1) is 12.2. The lowest BCUT2D eigenvalue weighted by Gasteiger charge is -2.46. The van der Waals surface area contributed by atoms with Gasteiger partial charge in [0, 0.05) is 36.8 Å². The number of aromatic amines is 1. The predicted molar refractivity (Wildman–Crippen MR) is 74.4 cm³/mol. The van der Waals surface area contributed by atoms with Gasteiger partial charge in [0.1, 0.15) is 0 Å². The molecule has 100 valence electrons. The van der Waals surface area contributed by atoms with Crippen molar-refractivity contribution in [3.63, 3.8) is 0 Å². The fraction of sp³-hybridized carbons (Fsp3) is 0.429. The van der Waals surface area contributed by atoms with Crippen molar-refractivity contribution in [2.24, 2.45) is 5.92 Å². The minimum Gasteiger partial charge on any atom is -0.390 e. The molecule has 0 unspecified atom stereocenters. The number of fused-ring (bicyclic) bond motifs is 1. The van der Waals surface area contributed by atoms with Gasteiger partial charge in [-0.05, 0) is 19.9 Å². The van der Waals surface area contributed by atoms with Crippen LogP contribution in [-0.4, -0.2) is 33.8 Å². The summed E-state index contributed by atoms with van der Waals surface area (Å²) in [4.78, 5) is 20.7. The van der Waals surface area contributed by atoms with E-state index in [2.05, 4.69) is 14.9 Å². The van der Waals surface area contributed by atoms with Gasteiger partial charge in [-0.2, -0.15) is 0 Å². The minimum atomic E-state index is -0.661. The van der Waals surface area contributed by atoms with Gasteiger partial charge in [0.25, 0.3) is 5.56 Å². The molecule has 3 rings (SSSR count). The summed E-state index contributed by atoms with van der Waals surface area (Å²) in [6, 6.07) is 1.89. The van der Waals surface area contributed by atoms with Gasteiger partial charge in [0.2, 0.25) is 0 Å². The number of hydrogen-bond acceptors (Lipinski definition) is 4. The topological polar surface area (TPSA) is 69.2 Å². The molecule has 0 atom stereocenters. The van der Waals surface area contributed by atoms with Crippen LogP contribution >= 0.6 is 0 Å². The van der Waals surface area contributed by atoms with Crippen molar-refractivity contribution in [3.05, 3.63) is 35.0 Å². The van der Waals surface area contributed by atoms with Crippen molar-refractivity contribution in [2.75, 3.05) is 18.0 Å². The first-order chi connectivity index (χ1) is 8.97. The predicted octanol–water partition coefficient (Wildman–Crippen LogP) is 1.13. The van der Waals surface area contributed by atoms with Gasteiger partial charge in [-0.15, -0.1) is 0 Å². The lowest BCUT2D eigenvalue weighted by atomic mass is 9.84. The van der Waals surface area contributed by atoms with Crippen molar-refractivity contribution in [1.29, 1.82) is 0 Å². The van der Waals surface area contributed by atoms with E-state index in [1.165, 1.54) is 0 Å². The first-order valence-corrected chi connectivity index (χ1v) is 6.39. The van der Waals surface area contributed by atoms with E-state index in [4.69, 9.17) is 0 Å². The molecule has 1 fully saturated rings. The Hall–Kier alpha value is -1.88. The van der Waals surface area contributed by atoms with Crippen LogP contribution in [0.15, 0.2) is 29.5 Å². The van der Waals surface area contributed by atoms with Gasteiger partial charge < -0.3 is 15.0 Å². The number of anilines is 1. The largest absolute Gasteiger partial charge is 0.390 e. The van der Waals surface area contributed by atoms with Gasteiger partial charge in [0.15, 0.2) is 0 Å². The van der Waals surface area contributed by atoms with Crippen LogP contribution in [0.25, 0.3) is 10.8 Å².